The maximum Gasteiger partial charge on any atom is 0.416 e. The number of benzene rings is 1. The Labute approximate surface area is 131 Å². The van der Waals surface area contributed by atoms with Gasteiger partial charge in [-0.1, -0.05) is 0 Å². The highest BCUT2D eigenvalue weighted by Gasteiger charge is 2.37. The molecular formula is C14H9F6N3O. The number of hydrogen-bond donors (Lipinski definition) is 0. The Bertz CT molecular complexity index is 756. The Morgan fingerprint density at radius 1 is 1.04 bits per heavy atom. The topological polar surface area (TPSA) is 47.8 Å². The van der Waals surface area contributed by atoms with Crippen molar-refractivity contribution in [2.24, 2.45) is 0 Å². The Kier molecular flexibility index (Phi) is 4.50. The summed E-state index contributed by atoms with van der Waals surface area (Å²) in [4.78, 5) is 14.5. The van der Waals surface area contributed by atoms with Crippen molar-refractivity contribution in [3.8, 4) is 11.4 Å². The molecule has 128 valence electrons. The van der Waals surface area contributed by atoms with E-state index in [1.165, 1.54) is 13.1 Å². The highest BCUT2D eigenvalue weighted by molar-refractivity contribution is 5.89. The molecule has 24 heavy (non-hydrogen) atoms. The lowest BCUT2D eigenvalue weighted by Gasteiger charge is -2.13. The minimum Gasteiger partial charge on any atom is -0.295 e. The Hall–Kier alpha value is -2.65. The Balaban J connectivity index is 2.52. The van der Waals surface area contributed by atoms with Crippen molar-refractivity contribution in [3.05, 3.63) is 41.7 Å². The second-order valence-electron chi connectivity index (χ2n) is 4.77. The van der Waals surface area contributed by atoms with E-state index in [0.29, 0.717) is 12.1 Å². The van der Waals surface area contributed by atoms with Gasteiger partial charge in [-0.3, -0.25) is 4.79 Å². The molecule has 0 amide bonds. The Morgan fingerprint density at radius 3 is 2.04 bits per heavy atom. The highest BCUT2D eigenvalue weighted by Crippen LogP contribution is 2.37. The van der Waals surface area contributed by atoms with Gasteiger partial charge in [0, 0.05) is 11.8 Å². The summed E-state index contributed by atoms with van der Waals surface area (Å²) >= 11 is 0. The average molecular weight is 349 g/mol. The number of ketones is 1. The van der Waals surface area contributed by atoms with Crippen LogP contribution in [0.25, 0.3) is 17.6 Å². The Morgan fingerprint density at radius 2 is 1.58 bits per heavy atom. The van der Waals surface area contributed by atoms with E-state index in [1.54, 1.807) is 0 Å². The summed E-state index contributed by atoms with van der Waals surface area (Å²) in [6.07, 6.45) is -6.55. The molecule has 4 nitrogen and oxygen atoms in total. The van der Waals surface area contributed by atoms with Gasteiger partial charge in [-0.05, 0) is 31.2 Å². The van der Waals surface area contributed by atoms with Gasteiger partial charge in [0.1, 0.15) is 6.33 Å². The van der Waals surface area contributed by atoms with Crippen LogP contribution in [0.5, 0.6) is 0 Å². The van der Waals surface area contributed by atoms with Crippen LogP contribution in [-0.2, 0) is 17.1 Å². The molecule has 1 heterocycles. The summed E-state index contributed by atoms with van der Waals surface area (Å²) in [7, 11) is 0. The van der Waals surface area contributed by atoms with Crippen LogP contribution in [0.1, 0.15) is 18.1 Å². The molecule has 0 spiro atoms. The lowest BCUT2D eigenvalue weighted by Crippen LogP contribution is -2.11. The molecule has 0 atom stereocenters. The van der Waals surface area contributed by atoms with Crippen molar-refractivity contribution >= 4 is 12.0 Å². The molecule has 0 saturated heterocycles. The molecule has 2 rings (SSSR count). The number of allylic oxidation sites excluding steroid dienone is 1. The van der Waals surface area contributed by atoms with Crippen molar-refractivity contribution in [1.82, 2.24) is 14.8 Å². The summed E-state index contributed by atoms with van der Waals surface area (Å²) < 4.78 is 77.8. The molecule has 0 bridgehead atoms. The van der Waals surface area contributed by atoms with E-state index in [9.17, 15) is 31.1 Å². The molecule has 0 unspecified atom stereocenters. The molecule has 0 aliphatic heterocycles. The predicted octanol–water partition coefficient (Wildman–Crippen LogP) is 4.04. The fourth-order valence-corrected chi connectivity index (χ4v) is 1.74. The van der Waals surface area contributed by atoms with Crippen LogP contribution < -0.4 is 0 Å². The monoisotopic (exact) mass is 349 g/mol. The van der Waals surface area contributed by atoms with Gasteiger partial charge >= 0.3 is 12.4 Å². The zero-order chi connectivity index (χ0) is 18.1. The van der Waals surface area contributed by atoms with Crippen LogP contribution in [0.15, 0.2) is 30.6 Å². The lowest BCUT2D eigenvalue weighted by molar-refractivity contribution is -0.143. The summed E-state index contributed by atoms with van der Waals surface area (Å²) in [6, 6.07) is 1.09. The second kappa shape index (κ2) is 6.10. The molecule has 0 N–H and O–H groups in total. The van der Waals surface area contributed by atoms with Crippen molar-refractivity contribution in [3.63, 3.8) is 0 Å². The molecule has 1 aromatic heterocycles. The number of hydrogen-bond acceptors (Lipinski definition) is 3. The lowest BCUT2D eigenvalue weighted by atomic mass is 10.0. The smallest absolute Gasteiger partial charge is 0.295 e. The van der Waals surface area contributed by atoms with Crippen molar-refractivity contribution in [2.75, 3.05) is 0 Å². The number of alkyl halides is 6. The molecule has 10 heteroatoms. The SMILES string of the molecule is CC(=O)C=Cn1cnc(-c2cc(C(F)(F)F)cc(C(F)(F)F)c2)n1. The fraction of sp³-hybridized carbons (Fsp3) is 0.214. The van der Waals surface area contributed by atoms with Gasteiger partial charge in [0.2, 0.25) is 0 Å². The van der Waals surface area contributed by atoms with E-state index in [1.807, 2.05) is 0 Å². The molecule has 0 aliphatic carbocycles. The van der Waals surface area contributed by atoms with E-state index in [-0.39, 0.29) is 17.7 Å². The number of aromatic nitrogens is 3. The van der Waals surface area contributed by atoms with Gasteiger partial charge < -0.3 is 0 Å². The summed E-state index contributed by atoms with van der Waals surface area (Å²) in [5, 5.41) is 3.73. The number of halogens is 6. The first-order valence-electron chi connectivity index (χ1n) is 6.36. The van der Waals surface area contributed by atoms with E-state index in [4.69, 9.17) is 0 Å². The number of carbonyl (C=O) groups excluding carboxylic acids is 1. The number of nitrogens with zero attached hydrogens (tertiary/aromatic N) is 3. The summed E-state index contributed by atoms with van der Waals surface area (Å²) in [6.45, 7) is 1.26. The van der Waals surface area contributed by atoms with Crippen LogP contribution in [0, 0.1) is 0 Å². The van der Waals surface area contributed by atoms with Gasteiger partial charge in [0.05, 0.1) is 11.1 Å². The zero-order valence-electron chi connectivity index (χ0n) is 12.0. The second-order valence-corrected chi connectivity index (χ2v) is 4.77. The van der Waals surface area contributed by atoms with E-state index < -0.39 is 29.0 Å². The molecule has 0 saturated carbocycles. The van der Waals surface area contributed by atoms with Crippen LogP contribution in [0.3, 0.4) is 0 Å². The van der Waals surface area contributed by atoms with Crippen molar-refractivity contribution in [2.45, 2.75) is 19.3 Å². The minimum absolute atomic E-state index is 0.0240. The van der Waals surface area contributed by atoms with Gasteiger partial charge in [-0.25, -0.2) is 9.67 Å². The maximum atomic E-state index is 12.8. The molecule has 0 fully saturated rings. The van der Waals surface area contributed by atoms with Crippen LogP contribution in [0.4, 0.5) is 26.3 Å². The van der Waals surface area contributed by atoms with Crippen LogP contribution >= 0.6 is 0 Å². The average Bonchev–Trinajstić information content (AvgIpc) is 2.91. The number of carbonyl (C=O) groups is 1. The van der Waals surface area contributed by atoms with Crippen molar-refractivity contribution < 1.29 is 31.1 Å². The molecule has 1 aromatic carbocycles. The van der Waals surface area contributed by atoms with Gasteiger partial charge in [-0.2, -0.15) is 26.3 Å². The van der Waals surface area contributed by atoms with Crippen molar-refractivity contribution in [1.29, 1.82) is 0 Å². The van der Waals surface area contributed by atoms with Gasteiger partial charge in [0.25, 0.3) is 0 Å². The standard InChI is InChI=1S/C14H9F6N3O/c1-8(24)2-3-23-7-21-12(22-23)9-4-10(13(15,16)17)6-11(5-9)14(18,19)20/h2-7H,1H3. The van der Waals surface area contributed by atoms with Crippen LogP contribution in [0.2, 0.25) is 0 Å². The van der Waals surface area contributed by atoms with Gasteiger partial charge in [0.15, 0.2) is 11.6 Å². The fourth-order valence-electron chi connectivity index (χ4n) is 1.74. The largest absolute Gasteiger partial charge is 0.416 e. The normalized spacial score (nSPS) is 12.8. The molecule has 0 aliphatic rings. The zero-order valence-corrected chi connectivity index (χ0v) is 12.0. The molecular weight excluding hydrogens is 340 g/mol. The third-order valence-electron chi connectivity index (χ3n) is 2.82. The number of rotatable bonds is 3. The first-order chi connectivity index (χ1) is 11.0. The van der Waals surface area contributed by atoms with E-state index in [0.717, 1.165) is 17.1 Å². The van der Waals surface area contributed by atoms with Crippen LogP contribution in [-0.4, -0.2) is 20.5 Å². The molecule has 0 radical (unpaired) electrons. The van der Waals surface area contributed by atoms with E-state index >= 15 is 0 Å². The predicted molar refractivity (Wildman–Crippen MR) is 71.5 cm³/mol. The minimum atomic E-state index is -4.95. The summed E-state index contributed by atoms with van der Waals surface area (Å²) in [5.74, 6) is -0.648. The quantitative estimate of drug-likeness (QED) is 0.621. The first-order valence-corrected chi connectivity index (χ1v) is 6.36. The third-order valence-corrected chi connectivity index (χ3v) is 2.82. The highest BCUT2D eigenvalue weighted by atomic mass is 19.4. The first kappa shape index (κ1) is 17.7. The van der Waals surface area contributed by atoms with E-state index in [2.05, 4.69) is 10.1 Å². The van der Waals surface area contributed by atoms with Gasteiger partial charge in [-0.15, -0.1) is 5.10 Å². The summed E-state index contributed by atoms with van der Waals surface area (Å²) in [5.41, 5.74) is -3.35. The third kappa shape index (κ3) is 4.21. The molecule has 2 aromatic rings. The maximum absolute atomic E-state index is 12.8.